The predicted molar refractivity (Wildman–Crippen MR) is 84.0 cm³/mol. The van der Waals surface area contributed by atoms with Crippen molar-refractivity contribution in [3.05, 3.63) is 58.1 Å². The normalized spacial score (nSPS) is 12.3. The molecule has 0 unspecified atom stereocenters. The molecule has 19 heavy (non-hydrogen) atoms. The molecule has 100 valence electrons. The number of hydrogen-bond donors (Lipinski definition) is 1. The topological polar surface area (TPSA) is 23.5 Å². The summed E-state index contributed by atoms with van der Waals surface area (Å²) in [5.41, 5.74) is 4.41. The first kappa shape index (κ1) is 14.1. The van der Waals surface area contributed by atoms with E-state index in [-0.39, 0.29) is 0 Å². The van der Waals surface area contributed by atoms with Crippen molar-refractivity contribution in [1.29, 1.82) is 0 Å². The van der Waals surface area contributed by atoms with Crippen LogP contribution in [0.2, 0.25) is 0 Å². The molecule has 0 aliphatic heterocycles. The van der Waals surface area contributed by atoms with E-state index in [2.05, 4.69) is 39.9 Å². The van der Waals surface area contributed by atoms with E-state index in [0.717, 1.165) is 15.7 Å². The molecule has 0 spiro atoms. The van der Waals surface area contributed by atoms with E-state index in [1.54, 1.807) is 6.92 Å². The summed E-state index contributed by atoms with van der Waals surface area (Å²) in [4.78, 5) is 2.14. The third-order valence-corrected chi connectivity index (χ3v) is 3.98. The fourth-order valence-electron chi connectivity index (χ4n) is 2.14. The Balaban J connectivity index is 2.38. The first-order chi connectivity index (χ1) is 9.00. The van der Waals surface area contributed by atoms with E-state index in [0.29, 0.717) is 0 Å². The van der Waals surface area contributed by atoms with Gasteiger partial charge in [-0.3, -0.25) is 0 Å². The minimum Gasteiger partial charge on any atom is -0.389 e. The minimum atomic E-state index is -0.466. The van der Waals surface area contributed by atoms with Crippen molar-refractivity contribution in [2.24, 2.45) is 0 Å². The SMILES string of the molecule is Cc1ccccc1N(C)c1ccc([C@@H](C)O)c(Br)c1. The van der Waals surface area contributed by atoms with Gasteiger partial charge in [0, 0.05) is 22.9 Å². The lowest BCUT2D eigenvalue weighted by atomic mass is 10.1. The maximum absolute atomic E-state index is 9.65. The Morgan fingerprint density at radius 2 is 1.84 bits per heavy atom. The number of rotatable bonds is 3. The van der Waals surface area contributed by atoms with E-state index < -0.39 is 6.10 Å². The molecule has 0 amide bonds. The van der Waals surface area contributed by atoms with Crippen LogP contribution in [-0.4, -0.2) is 12.2 Å². The van der Waals surface area contributed by atoms with Gasteiger partial charge in [0.25, 0.3) is 0 Å². The van der Waals surface area contributed by atoms with Crippen LogP contribution in [-0.2, 0) is 0 Å². The van der Waals surface area contributed by atoms with Gasteiger partial charge < -0.3 is 10.0 Å². The number of aryl methyl sites for hydroxylation is 1. The van der Waals surface area contributed by atoms with Crippen molar-refractivity contribution in [2.75, 3.05) is 11.9 Å². The summed E-state index contributed by atoms with van der Waals surface area (Å²) in [7, 11) is 2.05. The Morgan fingerprint density at radius 1 is 1.16 bits per heavy atom. The van der Waals surface area contributed by atoms with E-state index in [4.69, 9.17) is 0 Å². The molecular weight excluding hydrogens is 302 g/mol. The molecule has 0 aliphatic carbocycles. The van der Waals surface area contributed by atoms with Gasteiger partial charge in [-0.2, -0.15) is 0 Å². The zero-order valence-corrected chi connectivity index (χ0v) is 13.0. The van der Waals surface area contributed by atoms with Crippen molar-refractivity contribution in [3.8, 4) is 0 Å². The van der Waals surface area contributed by atoms with Gasteiger partial charge in [-0.05, 0) is 43.2 Å². The van der Waals surface area contributed by atoms with Crippen molar-refractivity contribution < 1.29 is 5.11 Å². The molecule has 0 bridgehead atoms. The number of para-hydroxylation sites is 1. The number of nitrogens with zero attached hydrogens (tertiary/aromatic N) is 1. The number of aliphatic hydroxyl groups is 1. The highest BCUT2D eigenvalue weighted by Crippen LogP contribution is 2.32. The third kappa shape index (κ3) is 2.99. The number of halogens is 1. The maximum Gasteiger partial charge on any atom is 0.0772 e. The fraction of sp³-hybridized carbons (Fsp3) is 0.250. The smallest absolute Gasteiger partial charge is 0.0772 e. The number of aliphatic hydroxyl groups excluding tert-OH is 1. The van der Waals surface area contributed by atoms with Crippen LogP contribution in [0.1, 0.15) is 24.2 Å². The Kier molecular flexibility index (Phi) is 4.27. The average molecular weight is 320 g/mol. The molecular formula is C16H18BrNO. The highest BCUT2D eigenvalue weighted by molar-refractivity contribution is 9.10. The molecule has 0 aromatic heterocycles. The van der Waals surface area contributed by atoms with Crippen LogP contribution in [0.25, 0.3) is 0 Å². The summed E-state index contributed by atoms with van der Waals surface area (Å²) in [6, 6.07) is 14.3. The first-order valence-electron chi connectivity index (χ1n) is 6.27. The molecule has 2 rings (SSSR count). The largest absolute Gasteiger partial charge is 0.389 e. The van der Waals surface area contributed by atoms with Crippen molar-refractivity contribution in [2.45, 2.75) is 20.0 Å². The summed E-state index contributed by atoms with van der Waals surface area (Å²) in [6.07, 6.45) is -0.466. The van der Waals surface area contributed by atoms with Gasteiger partial charge in [0.2, 0.25) is 0 Å². The van der Waals surface area contributed by atoms with Crippen LogP contribution >= 0.6 is 15.9 Å². The Bertz CT molecular complexity index is 581. The van der Waals surface area contributed by atoms with Crippen LogP contribution in [0.15, 0.2) is 46.9 Å². The molecule has 0 saturated carbocycles. The molecule has 1 atom stereocenters. The molecule has 0 radical (unpaired) electrons. The van der Waals surface area contributed by atoms with Gasteiger partial charge in [-0.15, -0.1) is 0 Å². The zero-order valence-electron chi connectivity index (χ0n) is 11.4. The van der Waals surface area contributed by atoms with Crippen LogP contribution in [0.4, 0.5) is 11.4 Å². The highest BCUT2D eigenvalue weighted by atomic mass is 79.9. The summed E-state index contributed by atoms with van der Waals surface area (Å²) in [5.74, 6) is 0. The highest BCUT2D eigenvalue weighted by Gasteiger charge is 2.10. The molecule has 1 N–H and O–H groups in total. The number of hydrogen-bond acceptors (Lipinski definition) is 2. The summed E-state index contributed by atoms with van der Waals surface area (Å²) >= 11 is 3.52. The van der Waals surface area contributed by atoms with Crippen LogP contribution in [0.5, 0.6) is 0 Å². The van der Waals surface area contributed by atoms with Gasteiger partial charge in [-0.1, -0.05) is 40.2 Å². The number of anilines is 2. The van der Waals surface area contributed by atoms with E-state index in [9.17, 15) is 5.11 Å². The quantitative estimate of drug-likeness (QED) is 0.895. The van der Waals surface area contributed by atoms with Crippen LogP contribution in [0.3, 0.4) is 0 Å². The first-order valence-corrected chi connectivity index (χ1v) is 7.07. The Labute approximate surface area is 122 Å². The number of benzene rings is 2. The predicted octanol–water partition coefficient (Wildman–Crippen LogP) is 4.58. The van der Waals surface area contributed by atoms with Crippen LogP contribution in [0, 0.1) is 6.92 Å². The van der Waals surface area contributed by atoms with Gasteiger partial charge >= 0.3 is 0 Å². The molecule has 2 aromatic carbocycles. The maximum atomic E-state index is 9.65. The fourth-order valence-corrected chi connectivity index (χ4v) is 2.84. The lowest BCUT2D eigenvalue weighted by molar-refractivity contribution is 0.198. The molecule has 0 fully saturated rings. The second-order valence-corrected chi connectivity index (χ2v) is 5.58. The lowest BCUT2D eigenvalue weighted by Crippen LogP contribution is -2.11. The molecule has 0 aliphatic rings. The Morgan fingerprint density at radius 3 is 2.42 bits per heavy atom. The van der Waals surface area contributed by atoms with E-state index in [1.807, 2.05) is 37.4 Å². The van der Waals surface area contributed by atoms with Gasteiger partial charge in [0.15, 0.2) is 0 Å². The molecule has 2 nitrogen and oxygen atoms in total. The second kappa shape index (κ2) is 5.76. The van der Waals surface area contributed by atoms with Gasteiger partial charge in [0.1, 0.15) is 0 Å². The van der Waals surface area contributed by atoms with Crippen molar-refractivity contribution in [1.82, 2.24) is 0 Å². The average Bonchev–Trinajstić information content (AvgIpc) is 2.38. The van der Waals surface area contributed by atoms with E-state index in [1.165, 1.54) is 11.3 Å². The second-order valence-electron chi connectivity index (χ2n) is 4.73. The molecule has 3 heteroatoms. The zero-order chi connectivity index (χ0) is 14.0. The third-order valence-electron chi connectivity index (χ3n) is 3.30. The monoisotopic (exact) mass is 319 g/mol. The molecule has 0 saturated heterocycles. The van der Waals surface area contributed by atoms with Gasteiger partial charge in [-0.25, -0.2) is 0 Å². The summed E-state index contributed by atoms with van der Waals surface area (Å²) in [5, 5.41) is 9.65. The lowest BCUT2D eigenvalue weighted by Gasteiger charge is -2.22. The van der Waals surface area contributed by atoms with E-state index >= 15 is 0 Å². The minimum absolute atomic E-state index is 0.466. The van der Waals surface area contributed by atoms with Gasteiger partial charge in [0.05, 0.1) is 6.10 Å². The summed E-state index contributed by atoms with van der Waals surface area (Å²) in [6.45, 7) is 3.87. The van der Waals surface area contributed by atoms with Crippen molar-refractivity contribution in [3.63, 3.8) is 0 Å². The Hall–Kier alpha value is -1.32. The van der Waals surface area contributed by atoms with Crippen molar-refractivity contribution >= 4 is 27.3 Å². The standard InChI is InChI=1S/C16H18BrNO/c1-11-6-4-5-7-16(11)18(3)13-8-9-14(12(2)19)15(17)10-13/h4-10,12,19H,1-3H3/t12-/m1/s1. The molecule has 0 heterocycles. The summed E-state index contributed by atoms with van der Waals surface area (Å²) < 4.78 is 0.931. The van der Waals surface area contributed by atoms with Crippen LogP contribution < -0.4 is 4.90 Å². The molecule has 2 aromatic rings.